The van der Waals surface area contributed by atoms with Crippen molar-refractivity contribution in [2.45, 2.75) is 53.7 Å². The van der Waals surface area contributed by atoms with E-state index in [0.29, 0.717) is 35.8 Å². The van der Waals surface area contributed by atoms with E-state index in [4.69, 9.17) is 13.9 Å². The molecule has 154 valence electrons. The summed E-state index contributed by atoms with van der Waals surface area (Å²) in [5, 5.41) is 3.57. The molecule has 0 aliphatic carbocycles. The summed E-state index contributed by atoms with van der Waals surface area (Å²) in [5.74, 6) is 2.34. The Balaban J connectivity index is 1.61. The van der Waals surface area contributed by atoms with Gasteiger partial charge in [0.2, 0.25) is 11.6 Å². The van der Waals surface area contributed by atoms with Gasteiger partial charge in [0.05, 0.1) is 6.10 Å². The Kier molecular flexibility index (Phi) is 6.36. The lowest BCUT2D eigenvalue weighted by atomic mass is 10.2. The Labute approximate surface area is 170 Å². The lowest BCUT2D eigenvalue weighted by Gasteiger charge is -2.11. The summed E-state index contributed by atoms with van der Waals surface area (Å²) in [6.45, 7) is 10.00. The van der Waals surface area contributed by atoms with E-state index in [0.717, 1.165) is 22.6 Å². The molecule has 0 fully saturated rings. The Morgan fingerprint density at radius 3 is 2.55 bits per heavy atom. The minimum atomic E-state index is -0.227. The molecule has 0 atom stereocenters. The number of hydrogen-bond donors (Lipinski definition) is 1. The largest absolute Gasteiger partial charge is 0.491 e. The van der Waals surface area contributed by atoms with Crippen molar-refractivity contribution in [2.75, 3.05) is 6.61 Å². The number of aromatic nitrogens is 2. The average Bonchev–Trinajstić information content (AvgIpc) is 2.98. The SMILES string of the molecule is CCc1nc(OCC(=O)NCc2ccc(OC(C)C)cc2)c2c(C)c(C)oc2n1. The molecule has 0 radical (unpaired) electrons. The highest BCUT2D eigenvalue weighted by atomic mass is 16.5. The van der Waals surface area contributed by atoms with Crippen molar-refractivity contribution in [1.29, 1.82) is 0 Å². The van der Waals surface area contributed by atoms with Gasteiger partial charge in [-0.3, -0.25) is 4.79 Å². The van der Waals surface area contributed by atoms with Crippen LogP contribution in [0.1, 0.15) is 43.5 Å². The highest BCUT2D eigenvalue weighted by molar-refractivity contribution is 5.84. The van der Waals surface area contributed by atoms with Crippen LogP contribution in [0.15, 0.2) is 28.7 Å². The van der Waals surface area contributed by atoms with Crippen LogP contribution < -0.4 is 14.8 Å². The standard InChI is InChI=1S/C22H27N3O4/c1-6-18-24-21(20-14(4)15(5)29-22(20)25-18)27-12-19(26)23-11-16-7-9-17(10-8-16)28-13(2)3/h7-10,13H,6,11-12H2,1-5H3,(H,23,26). The van der Waals surface area contributed by atoms with Crippen molar-refractivity contribution < 1.29 is 18.7 Å². The molecule has 1 N–H and O–H groups in total. The van der Waals surface area contributed by atoms with Crippen LogP contribution in [0.5, 0.6) is 11.6 Å². The topological polar surface area (TPSA) is 86.5 Å². The van der Waals surface area contributed by atoms with E-state index in [1.807, 2.05) is 58.9 Å². The quantitative estimate of drug-likeness (QED) is 0.621. The number of hydrogen-bond acceptors (Lipinski definition) is 6. The molecule has 0 saturated carbocycles. The van der Waals surface area contributed by atoms with Gasteiger partial charge in [0.25, 0.3) is 5.91 Å². The number of carbonyl (C=O) groups is 1. The molecule has 0 aliphatic rings. The monoisotopic (exact) mass is 397 g/mol. The smallest absolute Gasteiger partial charge is 0.258 e. The molecule has 1 amide bonds. The third-order valence-corrected chi connectivity index (χ3v) is 4.48. The van der Waals surface area contributed by atoms with E-state index in [1.165, 1.54) is 0 Å². The fourth-order valence-electron chi connectivity index (χ4n) is 2.86. The molecular weight excluding hydrogens is 370 g/mol. The molecule has 0 bridgehead atoms. The van der Waals surface area contributed by atoms with Crippen LogP contribution in [0.4, 0.5) is 0 Å². The van der Waals surface area contributed by atoms with E-state index >= 15 is 0 Å². The van der Waals surface area contributed by atoms with Gasteiger partial charge in [0, 0.05) is 18.5 Å². The summed E-state index contributed by atoms with van der Waals surface area (Å²) in [6, 6.07) is 7.65. The molecule has 2 aromatic heterocycles. The maximum atomic E-state index is 12.3. The first-order valence-corrected chi connectivity index (χ1v) is 9.79. The number of amides is 1. The van der Waals surface area contributed by atoms with Gasteiger partial charge >= 0.3 is 0 Å². The molecule has 0 unspecified atom stereocenters. The average molecular weight is 397 g/mol. The summed E-state index contributed by atoms with van der Waals surface area (Å²) in [7, 11) is 0. The van der Waals surface area contributed by atoms with E-state index in [1.54, 1.807) is 0 Å². The third kappa shape index (κ3) is 5.04. The van der Waals surface area contributed by atoms with Crippen molar-refractivity contribution in [2.24, 2.45) is 0 Å². The van der Waals surface area contributed by atoms with Gasteiger partial charge in [-0.15, -0.1) is 0 Å². The number of rotatable bonds is 8. The molecule has 0 aliphatic heterocycles. The van der Waals surface area contributed by atoms with Crippen LogP contribution in [-0.4, -0.2) is 28.6 Å². The summed E-state index contributed by atoms with van der Waals surface area (Å²) >= 11 is 0. The lowest BCUT2D eigenvalue weighted by Crippen LogP contribution is -2.28. The third-order valence-electron chi connectivity index (χ3n) is 4.48. The molecule has 3 rings (SSSR count). The molecule has 0 saturated heterocycles. The van der Waals surface area contributed by atoms with Gasteiger partial charge in [0.15, 0.2) is 6.61 Å². The zero-order chi connectivity index (χ0) is 21.0. The number of furan rings is 1. The first-order valence-electron chi connectivity index (χ1n) is 9.79. The van der Waals surface area contributed by atoms with Gasteiger partial charge < -0.3 is 19.2 Å². The number of fused-ring (bicyclic) bond motifs is 1. The zero-order valence-corrected chi connectivity index (χ0v) is 17.5. The summed E-state index contributed by atoms with van der Waals surface area (Å²) < 4.78 is 17.0. The molecule has 7 nitrogen and oxygen atoms in total. The summed E-state index contributed by atoms with van der Waals surface area (Å²) in [4.78, 5) is 21.1. The van der Waals surface area contributed by atoms with Gasteiger partial charge in [-0.2, -0.15) is 9.97 Å². The van der Waals surface area contributed by atoms with Crippen LogP contribution in [0, 0.1) is 13.8 Å². The minimum Gasteiger partial charge on any atom is -0.491 e. The van der Waals surface area contributed by atoms with Gasteiger partial charge in [-0.05, 0) is 45.4 Å². The lowest BCUT2D eigenvalue weighted by molar-refractivity contribution is -0.123. The maximum absolute atomic E-state index is 12.3. The van der Waals surface area contributed by atoms with Crippen molar-refractivity contribution in [1.82, 2.24) is 15.3 Å². The van der Waals surface area contributed by atoms with E-state index in [2.05, 4.69) is 15.3 Å². The van der Waals surface area contributed by atoms with Crippen LogP contribution in [-0.2, 0) is 17.8 Å². The second-order valence-corrected chi connectivity index (χ2v) is 7.14. The van der Waals surface area contributed by atoms with Gasteiger partial charge in [-0.25, -0.2) is 0 Å². The van der Waals surface area contributed by atoms with Crippen LogP contribution in [0.3, 0.4) is 0 Å². The number of benzene rings is 1. The summed E-state index contributed by atoms with van der Waals surface area (Å²) in [6.07, 6.45) is 0.773. The second kappa shape index (κ2) is 8.94. The molecule has 2 heterocycles. The Morgan fingerprint density at radius 2 is 1.90 bits per heavy atom. The van der Waals surface area contributed by atoms with Gasteiger partial charge in [-0.1, -0.05) is 19.1 Å². The second-order valence-electron chi connectivity index (χ2n) is 7.14. The van der Waals surface area contributed by atoms with Crippen molar-refractivity contribution in [3.8, 4) is 11.6 Å². The van der Waals surface area contributed by atoms with Crippen molar-refractivity contribution in [3.05, 3.63) is 47.0 Å². The summed E-state index contributed by atoms with van der Waals surface area (Å²) in [5.41, 5.74) is 2.39. The van der Waals surface area contributed by atoms with Crippen molar-refractivity contribution in [3.63, 3.8) is 0 Å². The van der Waals surface area contributed by atoms with Gasteiger partial charge in [0.1, 0.15) is 22.7 Å². The number of nitrogens with zero attached hydrogens (tertiary/aromatic N) is 2. The molecule has 0 spiro atoms. The fourth-order valence-corrected chi connectivity index (χ4v) is 2.86. The molecule has 1 aromatic carbocycles. The van der Waals surface area contributed by atoms with Crippen LogP contribution in [0.2, 0.25) is 0 Å². The Morgan fingerprint density at radius 1 is 1.17 bits per heavy atom. The number of ether oxygens (including phenoxy) is 2. The van der Waals surface area contributed by atoms with E-state index in [-0.39, 0.29) is 18.6 Å². The van der Waals surface area contributed by atoms with E-state index < -0.39 is 0 Å². The normalized spacial score (nSPS) is 11.1. The van der Waals surface area contributed by atoms with Crippen molar-refractivity contribution >= 4 is 17.0 Å². The highest BCUT2D eigenvalue weighted by Gasteiger charge is 2.17. The Bertz CT molecular complexity index is 993. The minimum absolute atomic E-state index is 0.127. The highest BCUT2D eigenvalue weighted by Crippen LogP contribution is 2.30. The molecule has 7 heteroatoms. The molecule has 29 heavy (non-hydrogen) atoms. The Hall–Kier alpha value is -3.09. The first-order chi connectivity index (χ1) is 13.9. The van der Waals surface area contributed by atoms with Crippen LogP contribution in [0.25, 0.3) is 11.1 Å². The van der Waals surface area contributed by atoms with Crippen LogP contribution >= 0.6 is 0 Å². The number of nitrogens with one attached hydrogen (secondary N) is 1. The van der Waals surface area contributed by atoms with E-state index in [9.17, 15) is 4.79 Å². The predicted molar refractivity (Wildman–Crippen MR) is 110 cm³/mol. The number of aryl methyl sites for hydroxylation is 3. The maximum Gasteiger partial charge on any atom is 0.258 e. The molecule has 3 aromatic rings. The fraction of sp³-hybridized carbons (Fsp3) is 0.409. The first kappa shape index (κ1) is 20.6. The predicted octanol–water partition coefficient (Wildman–Crippen LogP) is 3.88. The zero-order valence-electron chi connectivity index (χ0n) is 17.5. The number of carbonyl (C=O) groups excluding carboxylic acids is 1. The molecular formula is C22H27N3O4.